The summed E-state index contributed by atoms with van der Waals surface area (Å²) in [5, 5.41) is 6.06. The average Bonchev–Trinajstić information content (AvgIpc) is 2.07. The van der Waals surface area contributed by atoms with Gasteiger partial charge in [0, 0.05) is 11.3 Å². The van der Waals surface area contributed by atoms with Crippen LogP contribution in [0.1, 0.15) is 20.3 Å². The normalized spacial score (nSPS) is 27.5. The second-order valence-electron chi connectivity index (χ2n) is 3.34. The third-order valence-electron chi connectivity index (χ3n) is 1.82. The minimum atomic E-state index is -0.389. The van der Waals surface area contributed by atoms with Crippen LogP contribution in [-0.4, -0.2) is 12.1 Å². The van der Waals surface area contributed by atoms with Gasteiger partial charge >= 0.3 is 0 Å². The van der Waals surface area contributed by atoms with Gasteiger partial charge in [-0.15, -0.1) is 0 Å². The molecule has 1 aliphatic rings. The van der Waals surface area contributed by atoms with Crippen molar-refractivity contribution >= 4 is 5.91 Å². The van der Waals surface area contributed by atoms with Gasteiger partial charge in [0.25, 0.3) is 0 Å². The summed E-state index contributed by atoms with van der Waals surface area (Å²) in [7, 11) is 0. The van der Waals surface area contributed by atoms with E-state index >= 15 is 0 Å². The molecule has 5 heteroatoms. The molecule has 5 nitrogen and oxygen atoms in total. The van der Waals surface area contributed by atoms with Gasteiger partial charge < -0.3 is 5.32 Å². The lowest BCUT2D eigenvalue weighted by atomic mass is 9.90. The number of carbonyl (C=O) groups is 1. The standard InChI is InChI=1S/C6H10N4O/c1-6(2)3-4(11)8-5(6)9-10-7/h5H,3H2,1-2H3,(H,8,11). The molecular weight excluding hydrogens is 144 g/mol. The topological polar surface area (TPSA) is 77.9 Å². The molecule has 1 aliphatic heterocycles. The highest BCUT2D eigenvalue weighted by molar-refractivity contribution is 5.79. The molecule has 1 saturated heterocycles. The van der Waals surface area contributed by atoms with Gasteiger partial charge in [-0.1, -0.05) is 19.0 Å². The molecule has 1 N–H and O–H groups in total. The highest BCUT2D eigenvalue weighted by Crippen LogP contribution is 2.31. The van der Waals surface area contributed by atoms with Crippen molar-refractivity contribution in [3.8, 4) is 0 Å². The largest absolute Gasteiger partial charge is 0.347 e. The van der Waals surface area contributed by atoms with Crippen LogP contribution in [0, 0.1) is 5.41 Å². The first kappa shape index (κ1) is 7.88. The Morgan fingerprint density at radius 3 is 2.82 bits per heavy atom. The zero-order valence-electron chi connectivity index (χ0n) is 6.53. The van der Waals surface area contributed by atoms with Crippen LogP contribution in [-0.2, 0) is 4.79 Å². The van der Waals surface area contributed by atoms with Crippen LogP contribution in [0.25, 0.3) is 10.4 Å². The van der Waals surface area contributed by atoms with Gasteiger partial charge in [-0.05, 0) is 10.9 Å². The fourth-order valence-electron chi connectivity index (χ4n) is 1.15. The number of hydrogen-bond acceptors (Lipinski definition) is 2. The minimum absolute atomic E-state index is 0.0487. The zero-order valence-corrected chi connectivity index (χ0v) is 6.53. The maximum Gasteiger partial charge on any atom is 0.220 e. The summed E-state index contributed by atoms with van der Waals surface area (Å²) in [6.45, 7) is 3.79. The predicted molar refractivity (Wildman–Crippen MR) is 39.5 cm³/mol. The van der Waals surface area contributed by atoms with E-state index in [1.165, 1.54) is 0 Å². The number of carbonyl (C=O) groups excluding carboxylic acids is 1. The van der Waals surface area contributed by atoms with Gasteiger partial charge in [0.2, 0.25) is 5.91 Å². The molecule has 1 amide bonds. The van der Waals surface area contributed by atoms with Crippen LogP contribution in [0.15, 0.2) is 5.11 Å². The maximum atomic E-state index is 10.8. The molecule has 0 aromatic rings. The Hall–Kier alpha value is -1.22. The zero-order chi connectivity index (χ0) is 8.48. The number of amides is 1. The monoisotopic (exact) mass is 154 g/mol. The van der Waals surface area contributed by atoms with E-state index in [2.05, 4.69) is 15.3 Å². The van der Waals surface area contributed by atoms with E-state index in [0.29, 0.717) is 6.42 Å². The number of nitrogens with one attached hydrogen (secondary N) is 1. The second-order valence-corrected chi connectivity index (χ2v) is 3.34. The number of azide groups is 1. The molecule has 1 fully saturated rings. The molecule has 0 aromatic heterocycles. The van der Waals surface area contributed by atoms with Gasteiger partial charge in [0.15, 0.2) is 0 Å². The molecule has 0 spiro atoms. The molecule has 0 saturated carbocycles. The molecule has 1 atom stereocenters. The number of nitrogens with zero attached hydrogens (tertiary/aromatic N) is 3. The third kappa shape index (κ3) is 1.43. The summed E-state index contributed by atoms with van der Waals surface area (Å²) in [6.07, 6.45) is 0.0384. The lowest BCUT2D eigenvalue weighted by Crippen LogP contribution is -2.30. The van der Waals surface area contributed by atoms with E-state index in [4.69, 9.17) is 5.53 Å². The van der Waals surface area contributed by atoms with Crippen LogP contribution in [0.3, 0.4) is 0 Å². The average molecular weight is 154 g/mol. The van der Waals surface area contributed by atoms with Gasteiger partial charge in [-0.3, -0.25) is 4.79 Å². The summed E-state index contributed by atoms with van der Waals surface area (Å²) in [5.74, 6) is -0.0487. The van der Waals surface area contributed by atoms with Gasteiger partial charge in [-0.2, -0.15) is 0 Å². The number of rotatable bonds is 1. The van der Waals surface area contributed by atoms with Crippen LogP contribution in [0.5, 0.6) is 0 Å². The summed E-state index contributed by atoms with van der Waals surface area (Å²) >= 11 is 0. The maximum absolute atomic E-state index is 10.8. The molecule has 1 unspecified atom stereocenters. The fraction of sp³-hybridized carbons (Fsp3) is 0.833. The molecule has 0 aliphatic carbocycles. The Bertz CT molecular complexity index is 229. The van der Waals surface area contributed by atoms with E-state index in [1.54, 1.807) is 0 Å². The Labute approximate surface area is 64.4 Å². The van der Waals surface area contributed by atoms with Crippen molar-refractivity contribution < 1.29 is 4.79 Å². The second kappa shape index (κ2) is 2.43. The van der Waals surface area contributed by atoms with E-state index in [0.717, 1.165) is 0 Å². The molecular formula is C6H10N4O. The quantitative estimate of drug-likeness (QED) is 0.343. The fourth-order valence-corrected chi connectivity index (χ4v) is 1.15. The first-order valence-corrected chi connectivity index (χ1v) is 3.40. The van der Waals surface area contributed by atoms with Crippen LogP contribution in [0.2, 0.25) is 0 Å². The lowest BCUT2D eigenvalue weighted by molar-refractivity contribution is -0.119. The molecule has 11 heavy (non-hydrogen) atoms. The molecule has 0 aromatic carbocycles. The van der Waals surface area contributed by atoms with Crippen molar-refractivity contribution in [3.63, 3.8) is 0 Å². The van der Waals surface area contributed by atoms with Crippen LogP contribution in [0.4, 0.5) is 0 Å². The van der Waals surface area contributed by atoms with Crippen molar-refractivity contribution in [2.45, 2.75) is 26.4 Å². The summed E-state index contributed by atoms with van der Waals surface area (Å²) in [6, 6.07) is 0. The predicted octanol–water partition coefficient (Wildman–Crippen LogP) is 1.17. The van der Waals surface area contributed by atoms with E-state index < -0.39 is 0 Å². The van der Waals surface area contributed by atoms with Crippen molar-refractivity contribution in [2.75, 3.05) is 0 Å². The summed E-state index contributed by atoms with van der Waals surface area (Å²) < 4.78 is 0. The SMILES string of the molecule is CC1(C)CC(=O)NC1N=[N+]=[N-]. The van der Waals surface area contributed by atoms with Gasteiger partial charge in [0.1, 0.15) is 6.17 Å². The van der Waals surface area contributed by atoms with Crippen LogP contribution >= 0.6 is 0 Å². The van der Waals surface area contributed by atoms with E-state index in [9.17, 15) is 4.79 Å². The molecule has 1 heterocycles. The Morgan fingerprint density at radius 2 is 2.45 bits per heavy atom. The summed E-state index contributed by atoms with van der Waals surface area (Å²) in [4.78, 5) is 13.5. The third-order valence-corrected chi connectivity index (χ3v) is 1.82. The van der Waals surface area contributed by atoms with Crippen molar-refractivity contribution in [3.05, 3.63) is 10.4 Å². The Kier molecular flexibility index (Phi) is 1.74. The van der Waals surface area contributed by atoms with Gasteiger partial charge in [-0.25, -0.2) is 0 Å². The highest BCUT2D eigenvalue weighted by Gasteiger charge is 2.38. The van der Waals surface area contributed by atoms with Crippen LogP contribution < -0.4 is 5.32 Å². The first-order valence-electron chi connectivity index (χ1n) is 3.40. The smallest absolute Gasteiger partial charge is 0.220 e. The molecule has 0 radical (unpaired) electrons. The minimum Gasteiger partial charge on any atom is -0.347 e. The lowest BCUT2D eigenvalue weighted by Gasteiger charge is -2.19. The molecule has 60 valence electrons. The first-order chi connectivity index (χ1) is 5.06. The van der Waals surface area contributed by atoms with Gasteiger partial charge in [0.05, 0.1) is 0 Å². The van der Waals surface area contributed by atoms with E-state index in [1.807, 2.05) is 13.8 Å². The Morgan fingerprint density at radius 1 is 1.82 bits per heavy atom. The van der Waals surface area contributed by atoms with Crippen molar-refractivity contribution in [1.82, 2.24) is 5.32 Å². The van der Waals surface area contributed by atoms with E-state index in [-0.39, 0.29) is 17.5 Å². The van der Waals surface area contributed by atoms with Crippen molar-refractivity contribution in [1.29, 1.82) is 0 Å². The Balaban J connectivity index is 2.81. The van der Waals surface area contributed by atoms with Crippen molar-refractivity contribution in [2.24, 2.45) is 10.5 Å². The highest BCUT2D eigenvalue weighted by atomic mass is 16.2. The number of hydrogen-bond donors (Lipinski definition) is 1. The summed E-state index contributed by atoms with van der Waals surface area (Å²) in [5.41, 5.74) is 7.91. The molecule has 1 rings (SSSR count). The molecule has 0 bridgehead atoms.